The molecule has 1 saturated heterocycles. The smallest absolute Gasteiger partial charge is 0.0897 e. The van der Waals surface area contributed by atoms with E-state index in [0.29, 0.717) is 25.2 Å². The molecule has 1 saturated carbocycles. The molecule has 19 heavy (non-hydrogen) atoms. The quantitative estimate of drug-likeness (QED) is 0.635. The Kier molecular flexibility index (Phi) is 6.07. The van der Waals surface area contributed by atoms with Gasteiger partial charge in [0.2, 0.25) is 0 Å². The van der Waals surface area contributed by atoms with Crippen molar-refractivity contribution in [3.63, 3.8) is 0 Å². The molecule has 2 unspecified atom stereocenters. The number of hydrogen-bond donors (Lipinski definition) is 2. The molecule has 1 aliphatic heterocycles. The number of rotatable bonds is 10. The number of nitrogens with one attached hydrogen (secondary N) is 1. The zero-order chi connectivity index (χ0) is 13.6. The van der Waals surface area contributed by atoms with E-state index in [1.54, 1.807) is 0 Å². The molecule has 1 aliphatic carbocycles. The van der Waals surface area contributed by atoms with Crippen molar-refractivity contribution in [2.75, 3.05) is 32.9 Å². The Morgan fingerprint density at radius 3 is 2.95 bits per heavy atom. The highest BCUT2D eigenvalue weighted by Crippen LogP contribution is 2.48. The van der Waals surface area contributed by atoms with Gasteiger partial charge in [0.05, 0.1) is 25.4 Å². The van der Waals surface area contributed by atoms with E-state index in [9.17, 15) is 5.11 Å². The van der Waals surface area contributed by atoms with E-state index < -0.39 is 6.10 Å². The fourth-order valence-electron chi connectivity index (χ4n) is 2.90. The minimum Gasteiger partial charge on any atom is -0.389 e. The summed E-state index contributed by atoms with van der Waals surface area (Å²) in [6.07, 6.45) is 7.34. The summed E-state index contributed by atoms with van der Waals surface area (Å²) in [6, 6.07) is 0. The SMILES string of the molecule is CCCC1(CNCC(O)COCC2CCCO2)CC1. The van der Waals surface area contributed by atoms with Gasteiger partial charge in [-0.1, -0.05) is 13.3 Å². The second-order valence-corrected chi connectivity index (χ2v) is 6.21. The van der Waals surface area contributed by atoms with Gasteiger partial charge in [0, 0.05) is 19.7 Å². The number of aliphatic hydroxyl groups excluding tert-OH is 1. The molecule has 0 spiro atoms. The molecule has 4 heteroatoms. The highest BCUT2D eigenvalue weighted by atomic mass is 16.5. The molecular weight excluding hydrogens is 242 g/mol. The molecule has 4 nitrogen and oxygen atoms in total. The fourth-order valence-corrected chi connectivity index (χ4v) is 2.90. The fraction of sp³-hybridized carbons (Fsp3) is 1.00. The lowest BCUT2D eigenvalue weighted by molar-refractivity contribution is -0.0166. The van der Waals surface area contributed by atoms with Crippen LogP contribution >= 0.6 is 0 Å². The lowest BCUT2D eigenvalue weighted by atomic mass is 10.0. The van der Waals surface area contributed by atoms with Crippen molar-refractivity contribution >= 4 is 0 Å². The van der Waals surface area contributed by atoms with Crippen molar-refractivity contribution in [2.24, 2.45) is 5.41 Å². The molecule has 2 fully saturated rings. The van der Waals surface area contributed by atoms with Gasteiger partial charge in [-0.25, -0.2) is 0 Å². The average molecular weight is 271 g/mol. The van der Waals surface area contributed by atoms with Gasteiger partial charge in [-0.2, -0.15) is 0 Å². The van der Waals surface area contributed by atoms with Crippen molar-refractivity contribution in [3.8, 4) is 0 Å². The standard InChI is InChI=1S/C15H29NO3/c1-2-5-15(6-7-15)12-16-9-13(17)10-18-11-14-4-3-8-19-14/h13-14,16-17H,2-12H2,1H3. The van der Waals surface area contributed by atoms with Crippen molar-refractivity contribution in [3.05, 3.63) is 0 Å². The summed E-state index contributed by atoms with van der Waals surface area (Å²) in [6.45, 7) is 5.82. The molecule has 0 amide bonds. The zero-order valence-corrected chi connectivity index (χ0v) is 12.2. The second-order valence-electron chi connectivity index (χ2n) is 6.21. The molecular formula is C15H29NO3. The van der Waals surface area contributed by atoms with Gasteiger partial charge in [0.1, 0.15) is 0 Å². The maximum absolute atomic E-state index is 9.84. The van der Waals surface area contributed by atoms with Crippen LogP contribution in [0.5, 0.6) is 0 Å². The van der Waals surface area contributed by atoms with Gasteiger partial charge >= 0.3 is 0 Å². The Labute approximate surface area is 116 Å². The molecule has 0 aromatic carbocycles. The Bertz CT molecular complexity index is 250. The van der Waals surface area contributed by atoms with E-state index in [2.05, 4.69) is 12.2 Å². The largest absolute Gasteiger partial charge is 0.389 e. The van der Waals surface area contributed by atoms with Crippen molar-refractivity contribution in [2.45, 2.75) is 57.7 Å². The van der Waals surface area contributed by atoms with E-state index in [4.69, 9.17) is 9.47 Å². The lowest BCUT2D eigenvalue weighted by Crippen LogP contribution is -2.34. The Morgan fingerprint density at radius 1 is 1.47 bits per heavy atom. The van der Waals surface area contributed by atoms with Crippen LogP contribution in [-0.2, 0) is 9.47 Å². The molecule has 112 valence electrons. The van der Waals surface area contributed by atoms with Gasteiger partial charge in [-0.15, -0.1) is 0 Å². The predicted octanol–water partition coefficient (Wildman–Crippen LogP) is 1.71. The first-order valence-electron chi connectivity index (χ1n) is 7.82. The maximum Gasteiger partial charge on any atom is 0.0897 e. The molecule has 2 rings (SSSR count). The summed E-state index contributed by atoms with van der Waals surface area (Å²) in [5.41, 5.74) is 0.549. The third-order valence-electron chi connectivity index (χ3n) is 4.26. The maximum atomic E-state index is 9.84. The van der Waals surface area contributed by atoms with E-state index in [0.717, 1.165) is 26.0 Å². The highest BCUT2D eigenvalue weighted by molar-refractivity contribution is 4.94. The molecule has 2 aliphatic rings. The van der Waals surface area contributed by atoms with Gasteiger partial charge in [-0.05, 0) is 37.5 Å². The van der Waals surface area contributed by atoms with E-state index >= 15 is 0 Å². The van der Waals surface area contributed by atoms with Crippen LogP contribution in [0.1, 0.15) is 45.4 Å². The summed E-state index contributed by atoms with van der Waals surface area (Å²) in [4.78, 5) is 0. The predicted molar refractivity (Wildman–Crippen MR) is 75.2 cm³/mol. The first kappa shape index (κ1) is 15.2. The van der Waals surface area contributed by atoms with E-state index in [1.807, 2.05) is 0 Å². The van der Waals surface area contributed by atoms with Crippen LogP contribution in [0.3, 0.4) is 0 Å². The average Bonchev–Trinajstić information content (AvgIpc) is 2.95. The molecule has 0 bridgehead atoms. The second kappa shape index (κ2) is 7.58. The van der Waals surface area contributed by atoms with Crippen molar-refractivity contribution < 1.29 is 14.6 Å². The summed E-state index contributed by atoms with van der Waals surface area (Å²) in [5, 5.41) is 13.2. The van der Waals surface area contributed by atoms with Crippen LogP contribution < -0.4 is 5.32 Å². The number of aliphatic hydroxyl groups is 1. The Balaban J connectivity index is 1.46. The van der Waals surface area contributed by atoms with Crippen LogP contribution in [0.15, 0.2) is 0 Å². The molecule has 2 N–H and O–H groups in total. The molecule has 2 atom stereocenters. The van der Waals surface area contributed by atoms with Gasteiger partial charge < -0.3 is 19.9 Å². The summed E-state index contributed by atoms with van der Waals surface area (Å²) in [7, 11) is 0. The topological polar surface area (TPSA) is 50.7 Å². The third kappa shape index (κ3) is 5.38. The third-order valence-corrected chi connectivity index (χ3v) is 4.26. The van der Waals surface area contributed by atoms with Gasteiger partial charge in [0.15, 0.2) is 0 Å². The van der Waals surface area contributed by atoms with Crippen LogP contribution in [-0.4, -0.2) is 50.2 Å². The van der Waals surface area contributed by atoms with Gasteiger partial charge in [0.25, 0.3) is 0 Å². The molecule has 0 radical (unpaired) electrons. The minimum absolute atomic E-state index is 0.249. The van der Waals surface area contributed by atoms with Crippen LogP contribution in [0, 0.1) is 5.41 Å². The van der Waals surface area contributed by atoms with Crippen molar-refractivity contribution in [1.29, 1.82) is 0 Å². The summed E-state index contributed by atoms with van der Waals surface area (Å²) >= 11 is 0. The minimum atomic E-state index is -0.404. The van der Waals surface area contributed by atoms with Crippen molar-refractivity contribution in [1.82, 2.24) is 5.32 Å². The first-order chi connectivity index (χ1) is 9.24. The normalized spacial score (nSPS) is 26.5. The molecule has 0 aromatic rings. The highest BCUT2D eigenvalue weighted by Gasteiger charge is 2.40. The number of ether oxygens (including phenoxy) is 2. The Hall–Kier alpha value is -0.160. The summed E-state index contributed by atoms with van der Waals surface area (Å²) < 4.78 is 11.0. The van der Waals surface area contributed by atoms with Crippen LogP contribution in [0.25, 0.3) is 0 Å². The van der Waals surface area contributed by atoms with Crippen LogP contribution in [0.2, 0.25) is 0 Å². The molecule has 1 heterocycles. The number of hydrogen-bond acceptors (Lipinski definition) is 4. The van der Waals surface area contributed by atoms with E-state index in [-0.39, 0.29) is 6.10 Å². The van der Waals surface area contributed by atoms with E-state index in [1.165, 1.54) is 25.7 Å². The van der Waals surface area contributed by atoms with Gasteiger partial charge in [-0.3, -0.25) is 0 Å². The first-order valence-corrected chi connectivity index (χ1v) is 7.82. The molecule has 0 aromatic heterocycles. The van der Waals surface area contributed by atoms with Crippen LogP contribution in [0.4, 0.5) is 0 Å². The zero-order valence-electron chi connectivity index (χ0n) is 12.2. The summed E-state index contributed by atoms with van der Waals surface area (Å²) in [5.74, 6) is 0. The lowest BCUT2D eigenvalue weighted by Gasteiger charge is -2.18. The monoisotopic (exact) mass is 271 g/mol. The Morgan fingerprint density at radius 2 is 2.32 bits per heavy atom.